The molecule has 0 saturated carbocycles. The van der Waals surface area contributed by atoms with Crippen LogP contribution in [0.2, 0.25) is 0 Å². The number of aliphatic hydroxyl groups is 1. The number of nitrogens with zero attached hydrogens (tertiary/aromatic N) is 8. The number of benzene rings is 2. The maximum absolute atomic E-state index is 13.7. The first-order chi connectivity index (χ1) is 19.1. The van der Waals surface area contributed by atoms with Crippen molar-refractivity contribution in [1.82, 2.24) is 34.0 Å². The lowest BCUT2D eigenvalue weighted by molar-refractivity contribution is 0.280. The second kappa shape index (κ2) is 9.42. The number of piperazine rings is 1. The van der Waals surface area contributed by atoms with Gasteiger partial charge in [-0.3, -0.25) is 4.79 Å². The molecule has 39 heavy (non-hydrogen) atoms. The zero-order valence-electron chi connectivity index (χ0n) is 21.2. The fourth-order valence-electron chi connectivity index (χ4n) is 5.13. The van der Waals surface area contributed by atoms with Gasteiger partial charge in [0, 0.05) is 66.3 Å². The lowest BCUT2D eigenvalue weighted by atomic mass is 10.1. The summed E-state index contributed by atoms with van der Waals surface area (Å²) in [4.78, 5) is 36.5. The van der Waals surface area contributed by atoms with E-state index in [2.05, 4.69) is 37.1 Å². The summed E-state index contributed by atoms with van der Waals surface area (Å²) >= 11 is 1.44. The number of anilines is 3. The Kier molecular flexibility index (Phi) is 5.72. The van der Waals surface area contributed by atoms with E-state index in [4.69, 9.17) is 4.98 Å². The van der Waals surface area contributed by atoms with Crippen LogP contribution < -0.4 is 15.8 Å². The lowest BCUT2D eigenvalue weighted by Crippen LogP contribution is -2.44. The summed E-state index contributed by atoms with van der Waals surface area (Å²) in [7, 11) is 2.12. The quantitative estimate of drug-likeness (QED) is 0.341. The Balaban J connectivity index is 1.29. The normalized spacial score (nSPS) is 14.6. The van der Waals surface area contributed by atoms with Crippen LogP contribution in [-0.4, -0.2) is 72.4 Å². The second-order valence-electron chi connectivity index (χ2n) is 9.54. The smallest absolute Gasteiger partial charge is 0.284 e. The molecule has 0 aliphatic carbocycles. The molecule has 1 saturated heterocycles. The molecule has 0 atom stereocenters. The molecular formula is C27H25N9O2S. The van der Waals surface area contributed by atoms with Gasteiger partial charge in [0.15, 0.2) is 11.3 Å². The van der Waals surface area contributed by atoms with Crippen LogP contribution in [0.15, 0.2) is 65.0 Å². The Morgan fingerprint density at radius 3 is 2.67 bits per heavy atom. The van der Waals surface area contributed by atoms with E-state index in [0.717, 1.165) is 54.0 Å². The number of rotatable bonds is 5. The molecule has 12 heteroatoms. The maximum atomic E-state index is 13.7. The summed E-state index contributed by atoms with van der Waals surface area (Å²) in [5.41, 5.74) is 3.97. The number of likely N-dealkylation sites (N-methyl/N-ethyl adjacent to an activating group) is 1. The van der Waals surface area contributed by atoms with E-state index in [1.807, 2.05) is 47.8 Å². The van der Waals surface area contributed by atoms with E-state index in [1.54, 1.807) is 10.9 Å². The van der Waals surface area contributed by atoms with Crippen LogP contribution in [0.5, 0.6) is 0 Å². The molecule has 6 aromatic rings. The van der Waals surface area contributed by atoms with Gasteiger partial charge in [0.25, 0.3) is 5.56 Å². The van der Waals surface area contributed by atoms with Crippen molar-refractivity contribution in [3.8, 4) is 5.13 Å². The second-order valence-corrected chi connectivity index (χ2v) is 10.4. The number of para-hydroxylation sites is 1. The van der Waals surface area contributed by atoms with E-state index >= 15 is 0 Å². The van der Waals surface area contributed by atoms with Crippen LogP contribution >= 0.6 is 11.3 Å². The molecule has 0 spiro atoms. The number of fused-ring (bicyclic) bond motifs is 4. The molecule has 7 rings (SSSR count). The predicted octanol–water partition coefficient (Wildman–Crippen LogP) is 3.03. The van der Waals surface area contributed by atoms with E-state index in [1.165, 1.54) is 22.0 Å². The van der Waals surface area contributed by atoms with Crippen molar-refractivity contribution in [2.45, 2.75) is 6.61 Å². The molecule has 1 fully saturated rings. The molecule has 0 radical (unpaired) electrons. The molecule has 0 bridgehead atoms. The van der Waals surface area contributed by atoms with Crippen LogP contribution in [0.3, 0.4) is 0 Å². The van der Waals surface area contributed by atoms with E-state index in [9.17, 15) is 9.90 Å². The summed E-state index contributed by atoms with van der Waals surface area (Å²) < 4.78 is 3.32. The Bertz CT molecular complexity index is 1890. The maximum Gasteiger partial charge on any atom is 0.284 e. The van der Waals surface area contributed by atoms with Gasteiger partial charge in [-0.2, -0.15) is 9.50 Å². The molecular weight excluding hydrogens is 514 g/mol. The van der Waals surface area contributed by atoms with Crippen molar-refractivity contribution < 1.29 is 5.11 Å². The first-order valence-electron chi connectivity index (χ1n) is 12.6. The highest BCUT2D eigenvalue weighted by atomic mass is 32.1. The molecule has 5 heterocycles. The van der Waals surface area contributed by atoms with Gasteiger partial charge < -0.3 is 20.2 Å². The number of hydrogen-bond donors (Lipinski definition) is 2. The average molecular weight is 540 g/mol. The predicted molar refractivity (Wildman–Crippen MR) is 152 cm³/mol. The molecule has 1 aliphatic heterocycles. The fraction of sp³-hybridized carbons (Fsp3) is 0.222. The number of aromatic nitrogens is 6. The minimum absolute atomic E-state index is 0.0742. The summed E-state index contributed by atoms with van der Waals surface area (Å²) in [6.07, 6.45) is 3.21. The summed E-state index contributed by atoms with van der Waals surface area (Å²) in [6.45, 7) is 3.73. The van der Waals surface area contributed by atoms with Crippen molar-refractivity contribution in [2.24, 2.45) is 0 Å². The highest BCUT2D eigenvalue weighted by Gasteiger charge is 2.20. The van der Waals surface area contributed by atoms with Gasteiger partial charge in [-0.25, -0.2) is 19.6 Å². The van der Waals surface area contributed by atoms with Crippen LogP contribution in [-0.2, 0) is 6.61 Å². The highest BCUT2D eigenvalue weighted by molar-refractivity contribution is 7.12. The Morgan fingerprint density at radius 2 is 1.87 bits per heavy atom. The molecule has 4 aromatic heterocycles. The monoisotopic (exact) mass is 539 g/mol. The van der Waals surface area contributed by atoms with Crippen LogP contribution in [0.25, 0.3) is 32.7 Å². The van der Waals surface area contributed by atoms with Crippen molar-refractivity contribution in [1.29, 1.82) is 0 Å². The molecule has 0 unspecified atom stereocenters. The first kappa shape index (κ1) is 23.7. The van der Waals surface area contributed by atoms with E-state index in [0.29, 0.717) is 27.8 Å². The van der Waals surface area contributed by atoms with E-state index in [-0.39, 0.29) is 12.2 Å². The Morgan fingerprint density at radius 1 is 1.03 bits per heavy atom. The summed E-state index contributed by atoms with van der Waals surface area (Å²) in [5.74, 6) is 0.318. The van der Waals surface area contributed by atoms with Gasteiger partial charge in [0.2, 0.25) is 11.1 Å². The van der Waals surface area contributed by atoms with Crippen molar-refractivity contribution in [2.75, 3.05) is 43.4 Å². The third kappa shape index (κ3) is 4.00. The third-order valence-electron chi connectivity index (χ3n) is 7.13. The Hall–Kier alpha value is -4.39. The molecule has 0 amide bonds. The Labute approximate surface area is 226 Å². The number of thiazole rings is 1. The van der Waals surface area contributed by atoms with Gasteiger partial charge in [0.1, 0.15) is 5.39 Å². The highest BCUT2D eigenvalue weighted by Crippen LogP contribution is 2.28. The lowest BCUT2D eigenvalue weighted by Gasteiger charge is -2.35. The van der Waals surface area contributed by atoms with Crippen LogP contribution in [0, 0.1) is 0 Å². The third-order valence-corrected chi connectivity index (χ3v) is 7.87. The zero-order valence-corrected chi connectivity index (χ0v) is 22.0. The summed E-state index contributed by atoms with van der Waals surface area (Å²) in [6, 6.07) is 13.6. The summed E-state index contributed by atoms with van der Waals surface area (Å²) in [5, 5.41) is 17.0. The average Bonchev–Trinajstić information content (AvgIpc) is 3.60. The largest absolute Gasteiger partial charge is 0.392 e. The van der Waals surface area contributed by atoms with Crippen molar-refractivity contribution in [3.63, 3.8) is 0 Å². The standard InChI is InChI=1S/C27H25N9O2S/c1-33-9-11-34(12-10-33)21-7-6-18(14-17(21)16-37)30-26-29-15-20-23(32-26)31-24-19-4-2-3-5-22(19)35(36(24)25(20)38)27-28-8-13-39-27/h2-8,13-15,37H,9-12,16H2,1H3,(H,29,30,32). The zero-order chi connectivity index (χ0) is 26.5. The number of aliphatic hydroxyl groups excluding tert-OH is 1. The molecule has 1 aliphatic rings. The van der Waals surface area contributed by atoms with Gasteiger partial charge in [0.05, 0.1) is 12.1 Å². The topological polar surface area (TPSA) is 117 Å². The number of hydrogen-bond acceptors (Lipinski definition) is 10. The number of nitrogens with one attached hydrogen (secondary N) is 1. The van der Waals surface area contributed by atoms with Crippen molar-refractivity contribution >= 4 is 56.2 Å². The van der Waals surface area contributed by atoms with E-state index < -0.39 is 0 Å². The van der Waals surface area contributed by atoms with Gasteiger partial charge in [-0.05, 0) is 37.4 Å². The van der Waals surface area contributed by atoms with Crippen LogP contribution in [0.4, 0.5) is 17.3 Å². The van der Waals surface area contributed by atoms with Gasteiger partial charge in [-0.15, -0.1) is 11.3 Å². The molecule has 11 nitrogen and oxygen atoms in total. The first-order valence-corrected chi connectivity index (χ1v) is 13.5. The molecule has 2 N–H and O–H groups in total. The SMILES string of the molecule is CN1CCN(c2ccc(Nc3ncc4c(=O)n5c(nc4n3)c3ccccc3n5-c3nccs3)cc2CO)CC1. The molecule has 196 valence electrons. The van der Waals surface area contributed by atoms with Crippen LogP contribution in [0.1, 0.15) is 5.56 Å². The van der Waals surface area contributed by atoms with Crippen molar-refractivity contribution in [3.05, 3.63) is 76.2 Å². The van der Waals surface area contributed by atoms with Gasteiger partial charge in [-0.1, -0.05) is 12.1 Å². The minimum Gasteiger partial charge on any atom is -0.392 e. The minimum atomic E-state index is -0.271. The fourth-order valence-corrected chi connectivity index (χ4v) is 5.77. The van der Waals surface area contributed by atoms with Gasteiger partial charge >= 0.3 is 0 Å². The molecule has 2 aromatic carbocycles.